The van der Waals surface area contributed by atoms with Crippen LogP contribution >= 0.6 is 15.9 Å². The summed E-state index contributed by atoms with van der Waals surface area (Å²) in [7, 11) is 0. The van der Waals surface area contributed by atoms with Gasteiger partial charge in [-0.2, -0.15) is 0 Å². The first-order chi connectivity index (χ1) is 8.02. The van der Waals surface area contributed by atoms with Crippen LogP contribution in [-0.4, -0.2) is 12.5 Å². The number of nitrogens with one attached hydrogen (secondary N) is 1. The molecular weight excluding hydrogens is 285 g/mol. The van der Waals surface area contributed by atoms with E-state index in [1.165, 1.54) is 12.5 Å². The first kappa shape index (κ1) is 12.6. The van der Waals surface area contributed by atoms with Gasteiger partial charge in [0.2, 0.25) is 0 Å². The van der Waals surface area contributed by atoms with Crippen LogP contribution in [0.15, 0.2) is 22.7 Å². The monoisotopic (exact) mass is 299 g/mol. The summed E-state index contributed by atoms with van der Waals surface area (Å²) in [5, 5.41) is 2.81. The maximum Gasteiger partial charge on any atom is 0.254 e. The molecule has 0 unspecified atom stereocenters. The van der Waals surface area contributed by atoms with Crippen LogP contribution in [0.1, 0.15) is 36.5 Å². The van der Waals surface area contributed by atoms with Gasteiger partial charge in [0.1, 0.15) is 5.82 Å². The van der Waals surface area contributed by atoms with Gasteiger partial charge in [0.25, 0.3) is 5.91 Å². The normalized spacial score (nSPS) is 17.4. The lowest BCUT2D eigenvalue weighted by Crippen LogP contribution is -2.40. The summed E-state index contributed by atoms with van der Waals surface area (Å²) < 4.78 is 14.0. The molecule has 0 spiro atoms. The van der Waals surface area contributed by atoms with Crippen molar-refractivity contribution >= 4 is 21.8 Å². The Hall–Kier alpha value is -0.900. The number of halogens is 2. The molecule has 1 saturated carbocycles. The Balaban J connectivity index is 2.02. The van der Waals surface area contributed by atoms with Gasteiger partial charge in [-0.15, -0.1) is 0 Å². The molecule has 4 heteroatoms. The SMILES string of the molecule is CC1(CNC(=O)c2cccc(Br)c2F)CCC1. The van der Waals surface area contributed by atoms with E-state index in [2.05, 4.69) is 28.2 Å². The zero-order valence-electron chi connectivity index (χ0n) is 9.72. The standard InChI is InChI=1S/C13H15BrFNO/c1-13(6-3-7-13)8-16-12(17)9-4-2-5-10(14)11(9)15/h2,4-5H,3,6-8H2,1H3,(H,16,17). The molecule has 2 nitrogen and oxygen atoms in total. The minimum Gasteiger partial charge on any atom is -0.351 e. The molecule has 1 amide bonds. The zero-order chi connectivity index (χ0) is 12.5. The summed E-state index contributed by atoms with van der Waals surface area (Å²) in [6.07, 6.45) is 3.49. The maximum absolute atomic E-state index is 13.7. The predicted molar refractivity (Wildman–Crippen MR) is 68.4 cm³/mol. The average Bonchev–Trinajstić information content (AvgIpc) is 2.27. The van der Waals surface area contributed by atoms with Gasteiger partial charge in [-0.05, 0) is 46.3 Å². The molecule has 2 rings (SSSR count). The van der Waals surface area contributed by atoms with E-state index in [1.54, 1.807) is 12.1 Å². The zero-order valence-corrected chi connectivity index (χ0v) is 11.3. The highest BCUT2D eigenvalue weighted by molar-refractivity contribution is 9.10. The van der Waals surface area contributed by atoms with Gasteiger partial charge < -0.3 is 5.32 Å². The molecule has 1 aromatic carbocycles. The van der Waals surface area contributed by atoms with Crippen LogP contribution in [0, 0.1) is 11.2 Å². The third-order valence-corrected chi connectivity index (χ3v) is 4.05. The fourth-order valence-electron chi connectivity index (χ4n) is 2.03. The van der Waals surface area contributed by atoms with Crippen molar-refractivity contribution in [2.24, 2.45) is 5.41 Å². The van der Waals surface area contributed by atoms with Crippen LogP contribution < -0.4 is 5.32 Å². The molecule has 0 radical (unpaired) electrons. The van der Waals surface area contributed by atoms with E-state index in [1.807, 2.05) is 0 Å². The molecule has 0 saturated heterocycles. The second kappa shape index (κ2) is 4.77. The van der Waals surface area contributed by atoms with E-state index in [9.17, 15) is 9.18 Å². The summed E-state index contributed by atoms with van der Waals surface area (Å²) in [6.45, 7) is 2.77. The van der Waals surface area contributed by atoms with Crippen molar-refractivity contribution in [3.8, 4) is 0 Å². The van der Waals surface area contributed by atoms with Crippen LogP contribution in [-0.2, 0) is 0 Å². The van der Waals surface area contributed by atoms with E-state index >= 15 is 0 Å². The minimum atomic E-state index is -0.497. The van der Waals surface area contributed by atoms with E-state index in [4.69, 9.17) is 0 Å². The van der Waals surface area contributed by atoms with Crippen LogP contribution in [0.25, 0.3) is 0 Å². The molecule has 0 aromatic heterocycles. The Labute approximate surface area is 109 Å². The van der Waals surface area contributed by atoms with Crippen LogP contribution in [0.5, 0.6) is 0 Å². The van der Waals surface area contributed by atoms with E-state index in [0.717, 1.165) is 12.8 Å². The van der Waals surface area contributed by atoms with Gasteiger partial charge in [0, 0.05) is 6.54 Å². The number of carbonyl (C=O) groups is 1. The third-order valence-electron chi connectivity index (χ3n) is 3.43. The number of amides is 1. The van der Waals surface area contributed by atoms with Gasteiger partial charge in [0.05, 0.1) is 10.0 Å². The molecular formula is C13H15BrFNO. The van der Waals surface area contributed by atoms with Crippen molar-refractivity contribution in [1.29, 1.82) is 0 Å². The van der Waals surface area contributed by atoms with Crippen molar-refractivity contribution in [3.05, 3.63) is 34.1 Å². The summed E-state index contributed by atoms with van der Waals surface area (Å²) in [4.78, 5) is 11.8. The summed E-state index contributed by atoms with van der Waals surface area (Å²) >= 11 is 3.07. The first-order valence-corrected chi connectivity index (χ1v) is 6.53. The smallest absolute Gasteiger partial charge is 0.254 e. The van der Waals surface area contributed by atoms with Crippen LogP contribution in [0.3, 0.4) is 0 Å². The molecule has 0 aliphatic heterocycles. The Kier molecular flexibility index (Phi) is 3.52. The quantitative estimate of drug-likeness (QED) is 0.909. The number of hydrogen-bond acceptors (Lipinski definition) is 1. The number of hydrogen-bond donors (Lipinski definition) is 1. The lowest BCUT2D eigenvalue weighted by Gasteiger charge is -2.38. The van der Waals surface area contributed by atoms with Crippen LogP contribution in [0.2, 0.25) is 0 Å². The fourth-order valence-corrected chi connectivity index (χ4v) is 2.39. The van der Waals surface area contributed by atoms with Crippen molar-refractivity contribution in [2.75, 3.05) is 6.54 Å². The third kappa shape index (κ3) is 2.68. The second-order valence-corrected chi connectivity index (χ2v) is 5.80. The van der Waals surface area contributed by atoms with Gasteiger partial charge in [-0.1, -0.05) is 19.4 Å². The van der Waals surface area contributed by atoms with Gasteiger partial charge in [0.15, 0.2) is 0 Å². The fraction of sp³-hybridized carbons (Fsp3) is 0.462. The molecule has 0 bridgehead atoms. The largest absolute Gasteiger partial charge is 0.351 e. The Bertz CT molecular complexity index is 443. The van der Waals surface area contributed by atoms with Gasteiger partial charge >= 0.3 is 0 Å². The Morgan fingerprint density at radius 3 is 2.82 bits per heavy atom. The van der Waals surface area contributed by atoms with Gasteiger partial charge in [-0.25, -0.2) is 4.39 Å². The molecule has 0 heterocycles. The van der Waals surface area contributed by atoms with Crippen molar-refractivity contribution in [3.63, 3.8) is 0 Å². The summed E-state index contributed by atoms with van der Waals surface area (Å²) in [5.74, 6) is -0.833. The van der Waals surface area contributed by atoms with Crippen molar-refractivity contribution in [2.45, 2.75) is 26.2 Å². The molecule has 1 fully saturated rings. The molecule has 1 N–H and O–H groups in total. The highest BCUT2D eigenvalue weighted by Crippen LogP contribution is 2.39. The lowest BCUT2D eigenvalue weighted by molar-refractivity contribution is 0.0886. The van der Waals surface area contributed by atoms with Crippen molar-refractivity contribution < 1.29 is 9.18 Å². The van der Waals surface area contributed by atoms with E-state index in [-0.39, 0.29) is 16.9 Å². The maximum atomic E-state index is 13.7. The highest BCUT2D eigenvalue weighted by Gasteiger charge is 2.32. The predicted octanol–water partition coefficient (Wildman–Crippen LogP) is 3.51. The molecule has 0 atom stereocenters. The second-order valence-electron chi connectivity index (χ2n) is 4.95. The summed E-state index contributed by atoms with van der Waals surface area (Å²) in [6, 6.07) is 4.74. The number of benzene rings is 1. The Morgan fingerprint density at radius 1 is 1.53 bits per heavy atom. The van der Waals surface area contributed by atoms with Crippen molar-refractivity contribution in [1.82, 2.24) is 5.32 Å². The van der Waals surface area contributed by atoms with E-state index < -0.39 is 5.82 Å². The Morgan fingerprint density at radius 2 is 2.24 bits per heavy atom. The first-order valence-electron chi connectivity index (χ1n) is 5.74. The molecule has 92 valence electrons. The molecule has 1 aromatic rings. The van der Waals surface area contributed by atoms with Crippen LogP contribution in [0.4, 0.5) is 4.39 Å². The molecule has 1 aliphatic carbocycles. The highest BCUT2D eigenvalue weighted by atomic mass is 79.9. The molecule has 1 aliphatic rings. The van der Waals surface area contributed by atoms with E-state index in [0.29, 0.717) is 11.0 Å². The lowest BCUT2D eigenvalue weighted by atomic mass is 9.70. The van der Waals surface area contributed by atoms with Gasteiger partial charge in [-0.3, -0.25) is 4.79 Å². The average molecular weight is 300 g/mol. The minimum absolute atomic E-state index is 0.0994. The topological polar surface area (TPSA) is 29.1 Å². The molecule has 17 heavy (non-hydrogen) atoms. The summed E-state index contributed by atoms with van der Waals surface area (Å²) in [5.41, 5.74) is 0.306. The number of carbonyl (C=O) groups excluding carboxylic acids is 1. The number of rotatable bonds is 3.